The Labute approximate surface area is 122 Å². The van der Waals surface area contributed by atoms with Gasteiger partial charge in [0, 0.05) is 25.0 Å². The Bertz CT molecular complexity index is 621. The molecule has 0 bridgehead atoms. The summed E-state index contributed by atoms with van der Waals surface area (Å²) in [5.41, 5.74) is 0. The largest absolute Gasteiger partial charge is 0.340 e. The van der Waals surface area contributed by atoms with Crippen molar-refractivity contribution in [1.29, 1.82) is 0 Å². The van der Waals surface area contributed by atoms with Crippen molar-refractivity contribution in [1.82, 2.24) is 24.7 Å². The van der Waals surface area contributed by atoms with E-state index >= 15 is 0 Å². The van der Waals surface area contributed by atoms with Crippen LogP contribution in [0.1, 0.15) is 43.5 Å². The van der Waals surface area contributed by atoms with Gasteiger partial charge in [-0.15, -0.1) is 10.2 Å². The summed E-state index contributed by atoms with van der Waals surface area (Å²) in [6, 6.07) is 0.590. The Balaban J connectivity index is 1.54. The van der Waals surface area contributed by atoms with Crippen LogP contribution >= 0.6 is 0 Å². The van der Waals surface area contributed by atoms with Crippen molar-refractivity contribution in [2.24, 2.45) is 0 Å². The van der Waals surface area contributed by atoms with E-state index in [1.165, 1.54) is 25.2 Å². The molecule has 4 rings (SSSR count). The lowest BCUT2D eigenvalue weighted by atomic mass is 9.97. The van der Waals surface area contributed by atoms with Crippen LogP contribution in [0.2, 0.25) is 0 Å². The molecule has 1 aliphatic carbocycles. The number of hydrogen-bond acceptors (Lipinski definition) is 5. The molecule has 1 aliphatic heterocycles. The molecule has 1 atom stereocenters. The van der Waals surface area contributed by atoms with E-state index in [-0.39, 0.29) is 0 Å². The van der Waals surface area contributed by atoms with Gasteiger partial charge in [-0.3, -0.25) is 0 Å². The monoisotopic (exact) mass is 288 g/mol. The summed E-state index contributed by atoms with van der Waals surface area (Å²) in [5, 5.41) is 8.41. The average molecular weight is 288 g/mol. The first-order valence-corrected chi connectivity index (χ1v) is 7.43. The van der Waals surface area contributed by atoms with E-state index in [0.717, 1.165) is 31.8 Å². The summed E-state index contributed by atoms with van der Waals surface area (Å²) < 4.78 is 15.2. The molecular weight excluding hydrogens is 271 g/mol. The zero-order valence-corrected chi connectivity index (χ0v) is 11.7. The maximum Gasteiger partial charge on any atom is 0.225 e. The third kappa shape index (κ3) is 2.48. The number of aromatic nitrogens is 5. The normalized spacial score (nSPS) is 22.5. The van der Waals surface area contributed by atoms with Gasteiger partial charge < -0.3 is 9.47 Å². The summed E-state index contributed by atoms with van der Waals surface area (Å²) in [4.78, 5) is 10.3. The summed E-state index contributed by atoms with van der Waals surface area (Å²) in [6.45, 7) is 1.72. The lowest BCUT2D eigenvalue weighted by Crippen LogP contribution is -2.36. The number of anilines is 1. The quantitative estimate of drug-likeness (QED) is 0.863. The molecule has 2 aromatic heterocycles. The van der Waals surface area contributed by atoms with Gasteiger partial charge in [-0.25, -0.2) is 14.4 Å². The highest BCUT2D eigenvalue weighted by atomic mass is 19.1. The number of hydrogen-bond donors (Lipinski definition) is 0. The Morgan fingerprint density at radius 2 is 1.95 bits per heavy atom. The standard InChI is InChI=1S/C14H17FN6/c15-11-6-16-14(17-7-11)20-5-1-2-10(8-20)13-19-18-9-21(13)12-3-4-12/h6-7,9-10,12H,1-5,8H2. The molecule has 110 valence electrons. The number of rotatable bonds is 3. The minimum absolute atomic E-state index is 0.343. The smallest absolute Gasteiger partial charge is 0.225 e. The number of nitrogens with zero attached hydrogens (tertiary/aromatic N) is 6. The van der Waals surface area contributed by atoms with Gasteiger partial charge in [0.2, 0.25) is 5.95 Å². The van der Waals surface area contributed by atoms with Crippen LogP contribution in [-0.4, -0.2) is 37.8 Å². The topological polar surface area (TPSA) is 59.7 Å². The van der Waals surface area contributed by atoms with Gasteiger partial charge in [-0.1, -0.05) is 0 Å². The van der Waals surface area contributed by atoms with Gasteiger partial charge in [0.15, 0.2) is 5.82 Å². The Hall–Kier alpha value is -2.05. The summed E-state index contributed by atoms with van der Waals surface area (Å²) in [7, 11) is 0. The molecule has 0 aromatic carbocycles. The predicted molar refractivity (Wildman–Crippen MR) is 74.5 cm³/mol. The highest BCUT2D eigenvalue weighted by molar-refractivity contribution is 5.30. The lowest BCUT2D eigenvalue weighted by Gasteiger charge is -2.32. The van der Waals surface area contributed by atoms with Crippen molar-refractivity contribution in [3.8, 4) is 0 Å². The van der Waals surface area contributed by atoms with E-state index in [1.807, 2.05) is 6.33 Å². The van der Waals surface area contributed by atoms with Crippen LogP contribution in [0.15, 0.2) is 18.7 Å². The van der Waals surface area contributed by atoms with E-state index in [0.29, 0.717) is 17.9 Å². The van der Waals surface area contributed by atoms with Gasteiger partial charge >= 0.3 is 0 Å². The zero-order chi connectivity index (χ0) is 14.2. The molecule has 0 radical (unpaired) electrons. The van der Waals surface area contributed by atoms with E-state index in [9.17, 15) is 4.39 Å². The van der Waals surface area contributed by atoms with Gasteiger partial charge in [-0.2, -0.15) is 0 Å². The van der Waals surface area contributed by atoms with Crippen LogP contribution in [0.4, 0.5) is 10.3 Å². The molecule has 2 aliphatic rings. The third-order valence-electron chi connectivity index (χ3n) is 4.22. The second-order valence-electron chi connectivity index (χ2n) is 5.81. The lowest BCUT2D eigenvalue weighted by molar-refractivity contribution is 0.465. The van der Waals surface area contributed by atoms with Crippen LogP contribution in [0.25, 0.3) is 0 Å². The summed E-state index contributed by atoms with van der Waals surface area (Å²) in [6.07, 6.45) is 8.90. The van der Waals surface area contributed by atoms with Crippen LogP contribution in [0.5, 0.6) is 0 Å². The van der Waals surface area contributed by atoms with Crippen molar-refractivity contribution in [3.05, 3.63) is 30.4 Å². The Morgan fingerprint density at radius 1 is 1.14 bits per heavy atom. The van der Waals surface area contributed by atoms with Crippen molar-refractivity contribution in [2.75, 3.05) is 18.0 Å². The molecule has 21 heavy (non-hydrogen) atoms. The summed E-state index contributed by atoms with van der Waals surface area (Å²) >= 11 is 0. The minimum atomic E-state index is -0.402. The highest BCUT2D eigenvalue weighted by Gasteiger charge is 2.31. The third-order valence-corrected chi connectivity index (χ3v) is 4.22. The highest BCUT2D eigenvalue weighted by Crippen LogP contribution is 2.38. The van der Waals surface area contributed by atoms with Crippen LogP contribution in [0.3, 0.4) is 0 Å². The first kappa shape index (κ1) is 12.7. The molecule has 3 heterocycles. The maximum absolute atomic E-state index is 12.9. The van der Waals surface area contributed by atoms with Gasteiger partial charge in [0.05, 0.1) is 12.4 Å². The maximum atomic E-state index is 12.9. The second-order valence-corrected chi connectivity index (χ2v) is 5.81. The van der Waals surface area contributed by atoms with Crippen molar-refractivity contribution >= 4 is 5.95 Å². The van der Waals surface area contributed by atoms with Crippen LogP contribution < -0.4 is 4.90 Å². The van der Waals surface area contributed by atoms with Crippen molar-refractivity contribution < 1.29 is 4.39 Å². The van der Waals surface area contributed by atoms with Gasteiger partial charge in [0.1, 0.15) is 12.2 Å². The molecule has 2 fully saturated rings. The van der Waals surface area contributed by atoms with Crippen LogP contribution in [-0.2, 0) is 0 Å². The fourth-order valence-corrected chi connectivity index (χ4v) is 3.02. The van der Waals surface area contributed by atoms with Crippen LogP contribution in [0, 0.1) is 5.82 Å². The molecule has 0 spiro atoms. The second kappa shape index (κ2) is 5.05. The van der Waals surface area contributed by atoms with E-state index in [2.05, 4.69) is 29.6 Å². The molecule has 1 unspecified atom stereocenters. The molecular formula is C14H17FN6. The SMILES string of the molecule is Fc1cnc(N2CCCC(c3nncn3C3CC3)C2)nc1. The zero-order valence-electron chi connectivity index (χ0n) is 11.7. The Kier molecular flexibility index (Phi) is 3.05. The molecule has 0 N–H and O–H groups in total. The van der Waals surface area contributed by atoms with Gasteiger partial charge in [0.25, 0.3) is 0 Å². The molecule has 0 amide bonds. The first-order valence-electron chi connectivity index (χ1n) is 7.43. The molecule has 2 aromatic rings. The van der Waals surface area contributed by atoms with Gasteiger partial charge in [-0.05, 0) is 25.7 Å². The number of halogens is 1. The van der Waals surface area contributed by atoms with E-state index in [1.54, 1.807) is 0 Å². The molecule has 7 heteroatoms. The predicted octanol–water partition coefficient (Wildman–Crippen LogP) is 1.93. The van der Waals surface area contributed by atoms with E-state index < -0.39 is 5.82 Å². The van der Waals surface area contributed by atoms with Crippen molar-refractivity contribution in [3.63, 3.8) is 0 Å². The van der Waals surface area contributed by atoms with Crippen molar-refractivity contribution in [2.45, 2.75) is 37.6 Å². The Morgan fingerprint density at radius 3 is 2.71 bits per heavy atom. The number of piperidine rings is 1. The average Bonchev–Trinajstić information content (AvgIpc) is 3.25. The molecule has 1 saturated heterocycles. The molecule has 6 nitrogen and oxygen atoms in total. The molecule has 1 saturated carbocycles. The summed E-state index contributed by atoms with van der Waals surface area (Å²) in [5.74, 6) is 1.61. The minimum Gasteiger partial charge on any atom is -0.340 e. The fourth-order valence-electron chi connectivity index (χ4n) is 3.02. The van der Waals surface area contributed by atoms with E-state index in [4.69, 9.17) is 0 Å². The first-order chi connectivity index (χ1) is 10.3. The fraction of sp³-hybridized carbons (Fsp3) is 0.571.